The van der Waals surface area contributed by atoms with Crippen LogP contribution in [-0.2, 0) is 4.79 Å². The molecule has 1 saturated heterocycles. The van der Waals surface area contributed by atoms with Crippen molar-refractivity contribution < 1.29 is 23.8 Å². The predicted octanol–water partition coefficient (Wildman–Crippen LogP) is 3.51. The van der Waals surface area contributed by atoms with E-state index in [9.17, 15) is 14.3 Å². The first-order valence-electron chi connectivity index (χ1n) is 11.5. The Morgan fingerprint density at radius 2 is 2.08 bits per heavy atom. The van der Waals surface area contributed by atoms with Crippen LogP contribution in [0.15, 0.2) is 36.7 Å². The first-order chi connectivity index (χ1) is 17.1. The first-order valence-corrected chi connectivity index (χ1v) is 11.8. The summed E-state index contributed by atoms with van der Waals surface area (Å²) in [6.45, 7) is 3.87. The van der Waals surface area contributed by atoms with Gasteiger partial charge in [0.2, 0.25) is 5.91 Å². The lowest BCUT2D eigenvalue weighted by Crippen LogP contribution is -2.52. The third kappa shape index (κ3) is 5.45. The average Bonchev–Trinajstić information content (AvgIpc) is 3.21. The van der Waals surface area contributed by atoms with Crippen molar-refractivity contribution in [3.63, 3.8) is 0 Å². The highest BCUT2D eigenvalue weighted by molar-refractivity contribution is 6.31. The SMILES string of the molecule is COc1cc2ncnc(Nc3cccc(Cl)c3F)c2cc1OC1C[C@H](C(=O)NC(C)(C)CO)N(C)C1. The number of amides is 1. The quantitative estimate of drug-likeness (QED) is 0.416. The molecule has 11 heteroatoms. The van der Waals surface area contributed by atoms with Crippen molar-refractivity contribution in [2.45, 2.75) is 38.0 Å². The summed E-state index contributed by atoms with van der Waals surface area (Å²) in [5, 5.41) is 15.9. The molecule has 0 aliphatic carbocycles. The third-order valence-electron chi connectivity index (χ3n) is 6.09. The topological polar surface area (TPSA) is 109 Å². The van der Waals surface area contributed by atoms with E-state index in [-0.39, 0.29) is 29.3 Å². The van der Waals surface area contributed by atoms with E-state index >= 15 is 0 Å². The molecule has 0 spiro atoms. The summed E-state index contributed by atoms with van der Waals surface area (Å²) in [6.07, 6.45) is 1.53. The van der Waals surface area contributed by atoms with E-state index in [0.717, 1.165) is 0 Å². The Labute approximate surface area is 213 Å². The second kappa shape index (κ2) is 10.4. The molecule has 1 aliphatic rings. The molecule has 1 aromatic heterocycles. The Hall–Kier alpha value is -3.21. The van der Waals surface area contributed by atoms with Gasteiger partial charge in [-0.2, -0.15) is 0 Å². The van der Waals surface area contributed by atoms with Gasteiger partial charge in [-0.05, 0) is 39.1 Å². The van der Waals surface area contributed by atoms with Crippen LogP contribution in [0.2, 0.25) is 5.02 Å². The van der Waals surface area contributed by atoms with Gasteiger partial charge in [0.25, 0.3) is 0 Å². The second-order valence-corrected chi connectivity index (χ2v) is 9.84. The summed E-state index contributed by atoms with van der Waals surface area (Å²) in [6, 6.07) is 7.72. The highest BCUT2D eigenvalue weighted by Gasteiger charge is 2.37. The number of rotatable bonds is 8. The van der Waals surface area contributed by atoms with Gasteiger partial charge in [0, 0.05) is 24.4 Å². The van der Waals surface area contributed by atoms with E-state index in [0.29, 0.717) is 41.2 Å². The van der Waals surface area contributed by atoms with Crippen molar-refractivity contribution in [2.75, 3.05) is 32.6 Å². The Morgan fingerprint density at radius 3 is 2.81 bits per heavy atom. The maximum Gasteiger partial charge on any atom is 0.237 e. The first kappa shape index (κ1) is 25.9. The lowest BCUT2D eigenvalue weighted by atomic mass is 10.1. The molecule has 1 fully saturated rings. The van der Waals surface area contributed by atoms with Crippen LogP contribution < -0.4 is 20.1 Å². The Kier molecular flexibility index (Phi) is 7.49. The standard InChI is InChI=1S/C25H29ClFN5O4/c1-25(2,12-33)31-24(34)19-8-14(11-32(19)3)36-21-9-15-18(10-20(21)35-4)28-13-29-23(15)30-17-7-5-6-16(26)22(17)27/h5-7,9-10,13-14,19,33H,8,11-12H2,1-4H3,(H,31,34)(H,28,29,30)/t14?,19-/m1/s1. The molecule has 0 saturated carbocycles. The van der Waals surface area contributed by atoms with Crippen LogP contribution >= 0.6 is 11.6 Å². The highest BCUT2D eigenvalue weighted by Crippen LogP contribution is 2.37. The van der Waals surface area contributed by atoms with Gasteiger partial charge in [-0.15, -0.1) is 0 Å². The molecule has 2 atom stereocenters. The summed E-state index contributed by atoms with van der Waals surface area (Å²) < 4.78 is 26.3. The van der Waals surface area contributed by atoms with Crippen molar-refractivity contribution in [3.05, 3.63) is 47.5 Å². The van der Waals surface area contributed by atoms with Crippen LogP contribution in [0.4, 0.5) is 15.9 Å². The summed E-state index contributed by atoms with van der Waals surface area (Å²) in [5.74, 6) is 0.540. The number of aliphatic hydroxyl groups is 1. The molecule has 2 heterocycles. The van der Waals surface area contributed by atoms with Crippen LogP contribution in [0, 0.1) is 5.82 Å². The Bertz CT molecular complexity index is 1270. The van der Waals surface area contributed by atoms with Crippen molar-refractivity contribution in [1.29, 1.82) is 0 Å². The highest BCUT2D eigenvalue weighted by atomic mass is 35.5. The molecule has 2 aromatic carbocycles. The van der Waals surface area contributed by atoms with Crippen LogP contribution in [0.25, 0.3) is 10.9 Å². The van der Waals surface area contributed by atoms with Crippen LogP contribution in [-0.4, -0.2) is 70.9 Å². The molecule has 192 valence electrons. The summed E-state index contributed by atoms with van der Waals surface area (Å²) >= 11 is 5.92. The zero-order valence-corrected chi connectivity index (χ0v) is 21.3. The lowest BCUT2D eigenvalue weighted by molar-refractivity contribution is -0.127. The van der Waals surface area contributed by atoms with Crippen LogP contribution in [0.1, 0.15) is 20.3 Å². The fourth-order valence-electron chi connectivity index (χ4n) is 4.12. The number of benzene rings is 2. The van der Waals surface area contributed by atoms with Gasteiger partial charge in [0.05, 0.1) is 41.5 Å². The predicted molar refractivity (Wildman–Crippen MR) is 136 cm³/mol. The third-order valence-corrected chi connectivity index (χ3v) is 6.38. The number of halogens is 2. The number of likely N-dealkylation sites (N-methyl/N-ethyl adjacent to an activating group) is 1. The van der Waals surface area contributed by atoms with Gasteiger partial charge in [-0.1, -0.05) is 17.7 Å². The molecular weight excluding hydrogens is 489 g/mol. The van der Waals surface area contributed by atoms with Gasteiger partial charge in [0.1, 0.15) is 18.2 Å². The number of carbonyl (C=O) groups is 1. The molecule has 1 aliphatic heterocycles. The van der Waals surface area contributed by atoms with Gasteiger partial charge in [-0.3, -0.25) is 9.69 Å². The van der Waals surface area contributed by atoms with E-state index in [1.54, 1.807) is 38.1 Å². The number of aromatic nitrogens is 2. The molecule has 1 amide bonds. The molecule has 1 unspecified atom stereocenters. The maximum atomic E-state index is 14.5. The van der Waals surface area contributed by atoms with E-state index in [1.165, 1.54) is 19.5 Å². The molecular formula is C25H29ClFN5O4. The van der Waals surface area contributed by atoms with Gasteiger partial charge in [-0.25, -0.2) is 14.4 Å². The fraction of sp³-hybridized carbons (Fsp3) is 0.400. The Morgan fingerprint density at radius 1 is 1.31 bits per heavy atom. The number of aliphatic hydroxyl groups excluding tert-OH is 1. The monoisotopic (exact) mass is 517 g/mol. The second-order valence-electron chi connectivity index (χ2n) is 9.43. The minimum atomic E-state index is -0.718. The molecule has 4 rings (SSSR count). The lowest BCUT2D eigenvalue weighted by Gasteiger charge is -2.27. The van der Waals surface area contributed by atoms with Gasteiger partial charge >= 0.3 is 0 Å². The Balaban J connectivity index is 1.59. The van der Waals surface area contributed by atoms with E-state index in [2.05, 4.69) is 20.6 Å². The number of nitrogens with zero attached hydrogens (tertiary/aromatic N) is 3. The normalized spacial score (nSPS) is 18.3. The zero-order valence-electron chi connectivity index (χ0n) is 20.5. The fourth-order valence-corrected chi connectivity index (χ4v) is 4.30. The smallest absolute Gasteiger partial charge is 0.237 e. The summed E-state index contributed by atoms with van der Waals surface area (Å²) in [4.78, 5) is 23.3. The van der Waals surface area contributed by atoms with Crippen LogP contribution in [0.3, 0.4) is 0 Å². The van der Waals surface area contributed by atoms with E-state index in [4.69, 9.17) is 21.1 Å². The van der Waals surface area contributed by atoms with Gasteiger partial charge < -0.3 is 25.2 Å². The van der Waals surface area contributed by atoms with E-state index < -0.39 is 17.4 Å². The molecule has 3 N–H and O–H groups in total. The number of carbonyl (C=O) groups excluding carboxylic acids is 1. The number of nitrogens with one attached hydrogen (secondary N) is 2. The number of fused-ring (bicyclic) bond motifs is 1. The molecule has 9 nitrogen and oxygen atoms in total. The van der Waals surface area contributed by atoms with Crippen LogP contribution in [0.5, 0.6) is 11.5 Å². The van der Waals surface area contributed by atoms with E-state index in [1.807, 2.05) is 11.9 Å². The average molecular weight is 518 g/mol. The number of ether oxygens (including phenoxy) is 2. The zero-order chi connectivity index (χ0) is 26.0. The van der Waals surface area contributed by atoms with Crippen molar-refractivity contribution in [1.82, 2.24) is 20.2 Å². The molecule has 0 bridgehead atoms. The molecule has 36 heavy (non-hydrogen) atoms. The van der Waals surface area contributed by atoms with Gasteiger partial charge in [0.15, 0.2) is 17.3 Å². The summed E-state index contributed by atoms with van der Waals surface area (Å²) in [5.41, 5.74) is 0.0358. The number of methoxy groups -OCH3 is 1. The van der Waals surface area contributed by atoms with Crippen molar-refractivity contribution >= 4 is 39.9 Å². The maximum absolute atomic E-state index is 14.5. The molecule has 3 aromatic rings. The van der Waals surface area contributed by atoms with Crippen molar-refractivity contribution in [2.24, 2.45) is 0 Å². The van der Waals surface area contributed by atoms with Crippen molar-refractivity contribution in [3.8, 4) is 11.5 Å². The largest absolute Gasteiger partial charge is 0.493 e. The molecule has 0 radical (unpaired) electrons. The minimum absolute atomic E-state index is 0.00428. The summed E-state index contributed by atoms with van der Waals surface area (Å²) in [7, 11) is 3.39. The number of anilines is 2. The minimum Gasteiger partial charge on any atom is -0.493 e. The number of hydrogen-bond acceptors (Lipinski definition) is 8. The number of hydrogen-bond donors (Lipinski definition) is 3. The number of likely N-dealkylation sites (tertiary alicyclic amines) is 1.